The molecule has 2 aliphatic carbocycles. The predicted molar refractivity (Wildman–Crippen MR) is 145 cm³/mol. The molecule has 0 radical (unpaired) electrons. The van der Waals surface area contributed by atoms with Crippen molar-refractivity contribution in [2.45, 2.75) is 0 Å². The van der Waals surface area contributed by atoms with E-state index in [1.807, 2.05) is 0 Å². The van der Waals surface area contributed by atoms with E-state index in [2.05, 4.69) is 146 Å². The van der Waals surface area contributed by atoms with Crippen LogP contribution in [0.25, 0.3) is 22.3 Å². The maximum absolute atomic E-state index is 2.35. The van der Waals surface area contributed by atoms with E-state index >= 15 is 0 Å². The van der Waals surface area contributed by atoms with Gasteiger partial charge in [0, 0.05) is 11.8 Å². The Bertz CT molecular complexity index is 1290. The second kappa shape index (κ2) is 9.00. The van der Waals surface area contributed by atoms with Crippen LogP contribution in [0.2, 0.25) is 0 Å². The Morgan fingerprint density at radius 2 is 0.676 bits per heavy atom. The summed E-state index contributed by atoms with van der Waals surface area (Å²) in [6.07, 6.45) is 9.09. The molecule has 0 heterocycles. The molecule has 6 rings (SSSR count). The number of rotatable bonds is 5. The quantitative estimate of drug-likeness (QED) is 0.295. The topological polar surface area (TPSA) is 0 Å². The average Bonchev–Trinajstić information content (AvgIpc) is 3.57. The van der Waals surface area contributed by atoms with E-state index in [0.29, 0.717) is 5.92 Å². The summed E-state index contributed by atoms with van der Waals surface area (Å²) in [4.78, 5) is 0. The van der Waals surface area contributed by atoms with Gasteiger partial charge in [0.2, 0.25) is 0 Å². The van der Waals surface area contributed by atoms with Gasteiger partial charge in [-0.15, -0.1) is 0 Å². The van der Waals surface area contributed by atoms with Crippen molar-refractivity contribution in [3.8, 4) is 0 Å². The van der Waals surface area contributed by atoms with Crippen molar-refractivity contribution in [2.75, 3.05) is 0 Å². The molecule has 0 heteroatoms. The minimum atomic E-state index is 0.227. The SMILES string of the molecule is C1=CC(C2C(c3ccccc3)=C(c3ccccc3)C(c3ccccc3)=C2c2ccccc2)C=C1. The molecule has 0 amide bonds. The number of hydrogen-bond donors (Lipinski definition) is 0. The molecule has 0 fully saturated rings. The van der Waals surface area contributed by atoms with Crippen LogP contribution >= 0.6 is 0 Å². The summed E-state index contributed by atoms with van der Waals surface area (Å²) < 4.78 is 0. The lowest BCUT2D eigenvalue weighted by atomic mass is 9.78. The first-order valence-corrected chi connectivity index (χ1v) is 12.0. The molecular formula is C34H26. The maximum atomic E-state index is 2.35. The van der Waals surface area contributed by atoms with Crippen molar-refractivity contribution in [2.24, 2.45) is 11.8 Å². The van der Waals surface area contributed by atoms with Gasteiger partial charge in [-0.1, -0.05) is 146 Å². The van der Waals surface area contributed by atoms with Crippen molar-refractivity contribution in [1.82, 2.24) is 0 Å². The molecule has 0 unspecified atom stereocenters. The highest BCUT2D eigenvalue weighted by molar-refractivity contribution is 6.28. The van der Waals surface area contributed by atoms with Crippen LogP contribution in [0.5, 0.6) is 0 Å². The molecule has 4 aromatic rings. The van der Waals surface area contributed by atoms with Gasteiger partial charge in [0.15, 0.2) is 0 Å². The zero-order chi connectivity index (χ0) is 22.7. The lowest BCUT2D eigenvalue weighted by Crippen LogP contribution is -2.12. The van der Waals surface area contributed by atoms with Gasteiger partial charge >= 0.3 is 0 Å². The molecule has 162 valence electrons. The molecule has 0 aliphatic heterocycles. The van der Waals surface area contributed by atoms with Gasteiger partial charge in [0.25, 0.3) is 0 Å². The number of allylic oxidation sites excluding steroid dienone is 8. The highest BCUT2D eigenvalue weighted by Crippen LogP contribution is 2.57. The van der Waals surface area contributed by atoms with E-state index in [9.17, 15) is 0 Å². The normalized spacial score (nSPS) is 16.1. The first-order chi connectivity index (χ1) is 16.9. The maximum Gasteiger partial charge on any atom is 0.0212 e. The molecule has 0 spiro atoms. The Balaban J connectivity index is 1.75. The summed E-state index contributed by atoms with van der Waals surface area (Å²) in [5.74, 6) is 0.538. The van der Waals surface area contributed by atoms with E-state index in [-0.39, 0.29) is 5.92 Å². The monoisotopic (exact) mass is 434 g/mol. The second-order valence-electron chi connectivity index (χ2n) is 8.87. The molecule has 34 heavy (non-hydrogen) atoms. The van der Waals surface area contributed by atoms with E-state index in [1.165, 1.54) is 44.5 Å². The molecule has 4 aromatic carbocycles. The first kappa shape index (κ1) is 20.4. The van der Waals surface area contributed by atoms with Crippen molar-refractivity contribution in [1.29, 1.82) is 0 Å². The van der Waals surface area contributed by atoms with E-state index in [1.54, 1.807) is 0 Å². The van der Waals surface area contributed by atoms with Crippen LogP contribution in [-0.2, 0) is 0 Å². The van der Waals surface area contributed by atoms with E-state index in [0.717, 1.165) is 0 Å². The van der Waals surface area contributed by atoms with Crippen molar-refractivity contribution >= 4 is 22.3 Å². The zero-order valence-corrected chi connectivity index (χ0v) is 19.0. The summed E-state index contributed by atoms with van der Waals surface area (Å²) in [6.45, 7) is 0. The number of hydrogen-bond acceptors (Lipinski definition) is 0. The van der Waals surface area contributed by atoms with Crippen LogP contribution in [0.1, 0.15) is 22.3 Å². The standard InChI is InChI=1S/C34H26/c1-5-15-25(16-6-1)30-31(26-17-7-2-8-18-26)33(28-21-11-4-12-22-28)34(29-23-13-14-24-29)32(30)27-19-9-3-10-20-27/h1-24,29,34H. The predicted octanol–water partition coefficient (Wildman–Crippen LogP) is 8.58. The Kier molecular flexibility index (Phi) is 5.41. The molecule has 0 bridgehead atoms. The fourth-order valence-electron chi connectivity index (χ4n) is 5.47. The highest BCUT2D eigenvalue weighted by Gasteiger charge is 2.39. The van der Waals surface area contributed by atoms with Gasteiger partial charge in [0.1, 0.15) is 0 Å². The molecule has 0 saturated heterocycles. The Hall–Kier alpha value is -4.16. The molecule has 0 N–H and O–H groups in total. The van der Waals surface area contributed by atoms with Gasteiger partial charge < -0.3 is 0 Å². The van der Waals surface area contributed by atoms with Gasteiger partial charge in [0.05, 0.1) is 0 Å². The van der Waals surface area contributed by atoms with Gasteiger partial charge in [-0.25, -0.2) is 0 Å². The lowest BCUT2D eigenvalue weighted by Gasteiger charge is -2.25. The average molecular weight is 435 g/mol. The van der Waals surface area contributed by atoms with Crippen LogP contribution in [0.3, 0.4) is 0 Å². The molecule has 0 nitrogen and oxygen atoms in total. The number of benzene rings is 4. The van der Waals surface area contributed by atoms with Crippen molar-refractivity contribution in [3.63, 3.8) is 0 Å². The first-order valence-electron chi connectivity index (χ1n) is 12.0. The third-order valence-corrected chi connectivity index (χ3v) is 6.87. The summed E-state index contributed by atoms with van der Waals surface area (Å²) in [5.41, 5.74) is 10.6. The highest BCUT2D eigenvalue weighted by atomic mass is 14.4. The minimum absolute atomic E-state index is 0.227. The van der Waals surface area contributed by atoms with Gasteiger partial charge in [-0.3, -0.25) is 0 Å². The summed E-state index contributed by atoms with van der Waals surface area (Å²) in [5, 5.41) is 0. The van der Waals surface area contributed by atoms with Crippen LogP contribution in [0.15, 0.2) is 146 Å². The second-order valence-corrected chi connectivity index (χ2v) is 8.87. The molecule has 0 atom stereocenters. The Morgan fingerprint density at radius 3 is 1.03 bits per heavy atom. The van der Waals surface area contributed by atoms with Crippen LogP contribution in [-0.4, -0.2) is 0 Å². The van der Waals surface area contributed by atoms with Gasteiger partial charge in [-0.05, 0) is 44.5 Å². The smallest absolute Gasteiger partial charge is 0.0212 e. The van der Waals surface area contributed by atoms with Crippen molar-refractivity contribution < 1.29 is 0 Å². The van der Waals surface area contributed by atoms with Crippen molar-refractivity contribution in [3.05, 3.63) is 168 Å². The van der Waals surface area contributed by atoms with Crippen LogP contribution in [0.4, 0.5) is 0 Å². The lowest BCUT2D eigenvalue weighted by molar-refractivity contribution is 0.724. The largest absolute Gasteiger partial charge is 0.0767 e. The molecular weight excluding hydrogens is 408 g/mol. The molecule has 0 saturated carbocycles. The van der Waals surface area contributed by atoms with Crippen LogP contribution in [0, 0.1) is 11.8 Å². The van der Waals surface area contributed by atoms with E-state index < -0.39 is 0 Å². The summed E-state index contributed by atoms with van der Waals surface area (Å²) in [6, 6.07) is 43.8. The van der Waals surface area contributed by atoms with Crippen LogP contribution < -0.4 is 0 Å². The minimum Gasteiger partial charge on any atom is -0.0767 e. The summed E-state index contributed by atoms with van der Waals surface area (Å²) >= 11 is 0. The fourth-order valence-corrected chi connectivity index (χ4v) is 5.47. The molecule has 0 aromatic heterocycles. The van der Waals surface area contributed by atoms with E-state index in [4.69, 9.17) is 0 Å². The summed E-state index contributed by atoms with van der Waals surface area (Å²) in [7, 11) is 0. The zero-order valence-electron chi connectivity index (χ0n) is 19.0. The van der Waals surface area contributed by atoms with Gasteiger partial charge in [-0.2, -0.15) is 0 Å². The Labute approximate surface area is 201 Å². The Morgan fingerprint density at radius 1 is 0.353 bits per heavy atom. The fraction of sp³-hybridized carbons (Fsp3) is 0.0588. The third kappa shape index (κ3) is 3.58. The third-order valence-electron chi connectivity index (χ3n) is 6.87. The molecule has 2 aliphatic rings.